The maximum Gasteiger partial charge on any atom is 0.221 e. The summed E-state index contributed by atoms with van der Waals surface area (Å²) in [6.45, 7) is 10.7. The number of hydrogen-bond acceptors (Lipinski definition) is 2. The Morgan fingerprint density at radius 3 is 2.47 bits per heavy atom. The van der Waals surface area contributed by atoms with Crippen molar-refractivity contribution in [3.05, 3.63) is 0 Å². The van der Waals surface area contributed by atoms with Crippen LogP contribution in [-0.2, 0) is 4.79 Å². The minimum absolute atomic E-state index is 0.00765. The van der Waals surface area contributed by atoms with Crippen molar-refractivity contribution in [1.82, 2.24) is 5.32 Å². The molecule has 1 aliphatic rings. The van der Waals surface area contributed by atoms with E-state index in [1.807, 2.05) is 0 Å². The molecule has 3 N–H and O–H groups in total. The molecule has 100 valence electrons. The second-order valence-corrected chi connectivity index (χ2v) is 7.35. The number of rotatable bonds is 3. The van der Waals surface area contributed by atoms with Gasteiger partial charge in [0, 0.05) is 18.5 Å². The van der Waals surface area contributed by atoms with Gasteiger partial charge in [0.25, 0.3) is 0 Å². The number of carbonyl (C=O) groups excluding carboxylic acids is 1. The Kier molecular flexibility index (Phi) is 4.23. The van der Waals surface area contributed by atoms with Gasteiger partial charge in [-0.2, -0.15) is 0 Å². The molecular formula is C14H28N2O. The van der Waals surface area contributed by atoms with Crippen LogP contribution < -0.4 is 11.1 Å². The van der Waals surface area contributed by atoms with Gasteiger partial charge in [0.1, 0.15) is 0 Å². The molecule has 0 aromatic carbocycles. The lowest BCUT2D eigenvalue weighted by Gasteiger charge is -2.27. The summed E-state index contributed by atoms with van der Waals surface area (Å²) in [5.74, 6) is 0.107. The molecule has 3 heteroatoms. The van der Waals surface area contributed by atoms with E-state index >= 15 is 0 Å². The summed E-state index contributed by atoms with van der Waals surface area (Å²) >= 11 is 0. The number of nitrogens with two attached hydrogens (primary N) is 1. The number of amides is 1. The van der Waals surface area contributed by atoms with Crippen LogP contribution in [0.5, 0.6) is 0 Å². The molecule has 0 aromatic heterocycles. The van der Waals surface area contributed by atoms with Gasteiger partial charge in [-0.25, -0.2) is 0 Å². The molecule has 1 saturated carbocycles. The Morgan fingerprint density at radius 1 is 1.47 bits per heavy atom. The molecule has 0 saturated heterocycles. The fourth-order valence-corrected chi connectivity index (χ4v) is 2.35. The first-order valence-corrected chi connectivity index (χ1v) is 6.65. The van der Waals surface area contributed by atoms with Crippen LogP contribution in [0.15, 0.2) is 0 Å². The van der Waals surface area contributed by atoms with E-state index in [4.69, 9.17) is 5.73 Å². The van der Waals surface area contributed by atoms with Crippen molar-refractivity contribution < 1.29 is 4.79 Å². The maximum atomic E-state index is 11.9. The smallest absolute Gasteiger partial charge is 0.221 e. The van der Waals surface area contributed by atoms with Gasteiger partial charge in [-0.15, -0.1) is 0 Å². The highest BCUT2D eigenvalue weighted by atomic mass is 16.1. The average Bonchev–Trinajstić information content (AvgIpc) is 2.43. The van der Waals surface area contributed by atoms with Gasteiger partial charge in [0.05, 0.1) is 0 Å². The summed E-state index contributed by atoms with van der Waals surface area (Å²) < 4.78 is 0. The monoisotopic (exact) mass is 240 g/mol. The Morgan fingerprint density at radius 2 is 2.06 bits per heavy atom. The zero-order valence-electron chi connectivity index (χ0n) is 12.0. The van der Waals surface area contributed by atoms with Crippen LogP contribution in [0.4, 0.5) is 0 Å². The topological polar surface area (TPSA) is 55.1 Å². The zero-order chi connectivity index (χ0) is 13.3. The van der Waals surface area contributed by atoms with Gasteiger partial charge in [-0.05, 0) is 30.1 Å². The van der Waals surface area contributed by atoms with Crippen LogP contribution in [0, 0.1) is 10.8 Å². The van der Waals surface area contributed by atoms with Crippen molar-refractivity contribution >= 4 is 5.91 Å². The Bertz CT molecular complexity index is 278. The molecule has 0 aromatic rings. The van der Waals surface area contributed by atoms with E-state index in [0.29, 0.717) is 17.9 Å². The average molecular weight is 240 g/mol. The highest BCUT2D eigenvalue weighted by molar-refractivity contribution is 5.77. The van der Waals surface area contributed by atoms with E-state index in [9.17, 15) is 4.79 Å². The first-order valence-electron chi connectivity index (χ1n) is 6.65. The molecule has 0 heterocycles. The van der Waals surface area contributed by atoms with Crippen LogP contribution in [0.1, 0.15) is 60.3 Å². The molecule has 3 nitrogen and oxygen atoms in total. The fourth-order valence-electron chi connectivity index (χ4n) is 2.35. The van der Waals surface area contributed by atoms with Crippen molar-refractivity contribution in [3.63, 3.8) is 0 Å². The van der Waals surface area contributed by atoms with Gasteiger partial charge in [-0.3, -0.25) is 4.79 Å². The number of nitrogens with one attached hydrogen (secondary N) is 1. The summed E-state index contributed by atoms with van der Waals surface area (Å²) in [7, 11) is 0. The first-order chi connectivity index (χ1) is 7.60. The van der Waals surface area contributed by atoms with E-state index in [1.54, 1.807) is 0 Å². The van der Waals surface area contributed by atoms with Gasteiger partial charge < -0.3 is 11.1 Å². The summed E-state index contributed by atoms with van der Waals surface area (Å²) in [5, 5.41) is 3.12. The second kappa shape index (κ2) is 4.97. The molecular weight excluding hydrogens is 212 g/mol. The SMILES string of the molecule is CC1(C)CCC(NC(=O)CC(N)C(C)(C)C)C1. The molecule has 1 amide bonds. The normalized spacial score (nSPS) is 25.6. The Labute approximate surface area is 106 Å². The Balaban J connectivity index is 2.36. The van der Waals surface area contributed by atoms with Gasteiger partial charge in [-0.1, -0.05) is 34.6 Å². The van der Waals surface area contributed by atoms with Crippen LogP contribution in [0.25, 0.3) is 0 Å². The zero-order valence-corrected chi connectivity index (χ0v) is 12.0. The summed E-state index contributed by atoms with van der Waals surface area (Å²) in [6, 6.07) is 0.279. The lowest BCUT2D eigenvalue weighted by Crippen LogP contribution is -2.42. The van der Waals surface area contributed by atoms with E-state index in [-0.39, 0.29) is 17.4 Å². The third kappa shape index (κ3) is 4.66. The standard InChI is InChI=1S/C14H28N2O/c1-13(2,3)11(15)8-12(17)16-10-6-7-14(4,5)9-10/h10-11H,6-9,15H2,1-5H3,(H,16,17). The predicted molar refractivity (Wildman–Crippen MR) is 71.6 cm³/mol. The van der Waals surface area contributed by atoms with Crippen molar-refractivity contribution in [3.8, 4) is 0 Å². The predicted octanol–water partition coefficient (Wildman–Crippen LogP) is 2.44. The third-order valence-electron chi connectivity index (χ3n) is 3.85. The highest BCUT2D eigenvalue weighted by Gasteiger charge is 2.32. The van der Waals surface area contributed by atoms with Crippen molar-refractivity contribution in [2.75, 3.05) is 0 Å². The molecule has 2 atom stereocenters. The van der Waals surface area contributed by atoms with Gasteiger partial charge in [0.2, 0.25) is 5.91 Å². The molecule has 2 unspecified atom stereocenters. The molecule has 1 fully saturated rings. The molecule has 17 heavy (non-hydrogen) atoms. The number of carbonyl (C=O) groups is 1. The van der Waals surface area contributed by atoms with Crippen LogP contribution >= 0.6 is 0 Å². The van der Waals surface area contributed by atoms with Crippen molar-refractivity contribution in [1.29, 1.82) is 0 Å². The first kappa shape index (κ1) is 14.5. The second-order valence-electron chi connectivity index (χ2n) is 7.35. The van der Waals surface area contributed by atoms with Crippen LogP contribution in [-0.4, -0.2) is 18.0 Å². The highest BCUT2D eigenvalue weighted by Crippen LogP contribution is 2.36. The minimum atomic E-state index is -0.0723. The fraction of sp³-hybridized carbons (Fsp3) is 0.929. The largest absolute Gasteiger partial charge is 0.353 e. The molecule has 1 rings (SSSR count). The van der Waals surface area contributed by atoms with E-state index in [1.165, 1.54) is 6.42 Å². The minimum Gasteiger partial charge on any atom is -0.353 e. The maximum absolute atomic E-state index is 11.9. The molecule has 1 aliphatic carbocycles. The van der Waals surface area contributed by atoms with E-state index < -0.39 is 0 Å². The van der Waals surface area contributed by atoms with Crippen molar-refractivity contribution in [2.45, 2.75) is 72.4 Å². The summed E-state index contributed by atoms with van der Waals surface area (Å²) in [4.78, 5) is 11.9. The van der Waals surface area contributed by atoms with Gasteiger partial charge >= 0.3 is 0 Å². The summed E-state index contributed by atoms with van der Waals surface area (Å²) in [5.41, 5.74) is 6.39. The van der Waals surface area contributed by atoms with Crippen LogP contribution in [0.2, 0.25) is 0 Å². The third-order valence-corrected chi connectivity index (χ3v) is 3.85. The van der Waals surface area contributed by atoms with Crippen LogP contribution in [0.3, 0.4) is 0 Å². The lowest BCUT2D eigenvalue weighted by molar-refractivity contribution is -0.122. The molecule has 0 radical (unpaired) electrons. The quantitative estimate of drug-likeness (QED) is 0.796. The lowest BCUT2D eigenvalue weighted by atomic mass is 9.85. The number of hydrogen-bond donors (Lipinski definition) is 2. The molecule has 0 spiro atoms. The van der Waals surface area contributed by atoms with E-state index in [2.05, 4.69) is 39.9 Å². The Hall–Kier alpha value is -0.570. The summed E-state index contributed by atoms with van der Waals surface area (Å²) in [6.07, 6.45) is 3.82. The van der Waals surface area contributed by atoms with E-state index in [0.717, 1.165) is 12.8 Å². The van der Waals surface area contributed by atoms with Gasteiger partial charge in [0.15, 0.2) is 0 Å². The molecule has 0 aliphatic heterocycles. The molecule has 0 bridgehead atoms. The van der Waals surface area contributed by atoms with Crippen molar-refractivity contribution in [2.24, 2.45) is 16.6 Å².